The van der Waals surface area contributed by atoms with Crippen LogP contribution in [0.25, 0.3) is 242 Å². The molecule has 0 aliphatic heterocycles. The van der Waals surface area contributed by atoms with Crippen molar-refractivity contribution in [2.24, 2.45) is 0 Å². The normalized spacial score (nSPS) is 12.0. The summed E-state index contributed by atoms with van der Waals surface area (Å²) < 4.78 is 33.9. The molecule has 0 radical (unpaired) electrons. The minimum atomic E-state index is 0.577. The number of hydrogen-bond donors (Lipinski definition) is 0. The van der Waals surface area contributed by atoms with Crippen molar-refractivity contribution >= 4 is 218 Å². The van der Waals surface area contributed by atoms with E-state index in [1.54, 1.807) is 0 Å². The minimum Gasteiger partial charge on any atom is -0.456 e. The molecule has 0 bridgehead atoms. The monoisotopic (exact) mass is 1540 g/mol. The van der Waals surface area contributed by atoms with E-state index in [4.69, 9.17) is 17.7 Å². The molecule has 28 rings (SSSR count). The Kier molecular flexibility index (Phi) is 14.5. The van der Waals surface area contributed by atoms with Gasteiger partial charge in [-0.2, -0.15) is 0 Å². The Morgan fingerprint density at radius 3 is 1.17 bits per heavy atom. The highest BCUT2D eigenvalue weighted by molar-refractivity contribution is 6.37. The fourth-order valence-electron chi connectivity index (χ4n) is 18.4. The second-order valence-corrected chi connectivity index (χ2v) is 29.6. The zero-order valence-corrected chi connectivity index (χ0v) is 63.1. The van der Waals surface area contributed by atoms with Crippen LogP contribution in [0.5, 0.6) is 0 Å². The fraction of sp³-hybridized carbons (Fsp3) is 0. The lowest BCUT2D eigenvalue weighted by Gasteiger charge is -2.08. The highest BCUT2D eigenvalue weighted by Gasteiger charge is 2.28. The number of nitrogens with zero attached hydrogens (tertiary/aromatic N) is 16. The number of furan rings is 4. The molecule has 20 nitrogen and oxygen atoms in total. The molecule has 0 saturated carbocycles. The third-order valence-electron chi connectivity index (χ3n) is 23.3. The Balaban J connectivity index is 0.0000000886. The van der Waals surface area contributed by atoms with E-state index >= 15 is 0 Å². The molecule has 0 aliphatic carbocycles. The lowest BCUT2D eigenvalue weighted by molar-refractivity contribution is 0.669. The van der Waals surface area contributed by atoms with E-state index in [9.17, 15) is 0 Å². The Hall–Kier alpha value is -17.0. The first-order valence-corrected chi connectivity index (χ1v) is 39.1. The molecule has 0 N–H and O–H groups in total. The van der Waals surface area contributed by atoms with Gasteiger partial charge < -0.3 is 17.7 Å². The molecule has 28 aromatic rings. The summed E-state index contributed by atoms with van der Waals surface area (Å²) in [4.78, 5) is 51.7. The van der Waals surface area contributed by atoms with Gasteiger partial charge in [-0.1, -0.05) is 218 Å². The first kappa shape index (κ1) is 66.4. The number of fused-ring (bicyclic) bond motifs is 36. The van der Waals surface area contributed by atoms with E-state index < -0.39 is 0 Å². The van der Waals surface area contributed by atoms with E-state index in [1.165, 1.54) is 88.3 Å². The highest BCUT2D eigenvalue weighted by atomic mass is 16.3. The van der Waals surface area contributed by atoms with Crippen molar-refractivity contribution in [3.8, 4) is 23.8 Å². The van der Waals surface area contributed by atoms with Crippen molar-refractivity contribution in [1.82, 2.24) is 78.1 Å². The van der Waals surface area contributed by atoms with Gasteiger partial charge in [-0.3, -0.25) is 18.3 Å². The van der Waals surface area contributed by atoms with Gasteiger partial charge in [0.25, 0.3) is 0 Å². The van der Waals surface area contributed by atoms with Crippen molar-refractivity contribution < 1.29 is 17.7 Å². The molecule has 0 saturated heterocycles. The molecular weight excluding hydrogens is 1490 g/mol. The first-order valence-electron chi connectivity index (χ1n) is 39.1. The topological polar surface area (TPSA) is 227 Å². The zero-order valence-electron chi connectivity index (χ0n) is 63.1. The summed E-state index contributed by atoms with van der Waals surface area (Å²) in [5.74, 6) is 2.35. The Bertz CT molecular complexity index is 9040. The highest BCUT2D eigenvalue weighted by Crippen LogP contribution is 2.49. The van der Waals surface area contributed by atoms with Crippen LogP contribution in [0.15, 0.2) is 359 Å². The number of benzene rings is 16. The summed E-state index contributed by atoms with van der Waals surface area (Å²) >= 11 is 0. The predicted molar refractivity (Wildman–Crippen MR) is 476 cm³/mol. The van der Waals surface area contributed by atoms with Crippen LogP contribution in [0, 0.1) is 0 Å². The molecule has 16 aromatic carbocycles. The molecular formula is C100H56N16O4. The van der Waals surface area contributed by atoms with Crippen LogP contribution in [-0.2, 0) is 0 Å². The zero-order chi connectivity index (χ0) is 78.6. The van der Waals surface area contributed by atoms with Gasteiger partial charge in [0.15, 0.2) is 11.2 Å². The van der Waals surface area contributed by atoms with Crippen LogP contribution in [-0.4, -0.2) is 78.1 Å². The van der Waals surface area contributed by atoms with Crippen LogP contribution >= 0.6 is 0 Å². The Morgan fingerprint density at radius 2 is 0.567 bits per heavy atom. The summed E-state index contributed by atoms with van der Waals surface area (Å²) in [5, 5.41) is 27.4. The van der Waals surface area contributed by atoms with Crippen LogP contribution in [0.3, 0.4) is 0 Å². The van der Waals surface area contributed by atoms with Gasteiger partial charge in [-0.25, -0.2) is 59.8 Å². The molecule has 0 unspecified atom stereocenters. The van der Waals surface area contributed by atoms with Crippen molar-refractivity contribution in [3.63, 3.8) is 0 Å². The summed E-state index contributed by atoms with van der Waals surface area (Å²) in [6.07, 6.45) is 12.2. The summed E-state index contributed by atoms with van der Waals surface area (Å²) in [6.45, 7) is 0. The van der Waals surface area contributed by atoms with Crippen LogP contribution in [0.4, 0.5) is 0 Å². The summed E-state index contributed by atoms with van der Waals surface area (Å²) in [6, 6.07) is 101. The SMILES string of the molecule is c1ccc2c(c1)ccc1c2c2ccc3c4ccccc4oc3c2n1-c1ncncn1.c1ccc2c(c1)oc1c2c2ccccc2c2c1c1ccccc1n2-c1ncncn1.c1ccc2c(c1)oc1c2c2ccccc2c2c3ccccc3n(-c3ncncn3)c12.c1ccc2cc3c(cc2c1)c1cc2oc4ccccc4c2cc1n3-c1ncncn1. The van der Waals surface area contributed by atoms with Crippen LogP contribution < -0.4 is 0 Å². The van der Waals surface area contributed by atoms with Gasteiger partial charge in [0.05, 0.1) is 38.5 Å². The minimum absolute atomic E-state index is 0.577. The smallest absolute Gasteiger partial charge is 0.237 e. The lowest BCUT2D eigenvalue weighted by Crippen LogP contribution is -2.01. The van der Waals surface area contributed by atoms with E-state index in [1.807, 2.05) is 72.8 Å². The molecule has 120 heavy (non-hydrogen) atoms. The van der Waals surface area contributed by atoms with Gasteiger partial charge in [0.2, 0.25) is 23.8 Å². The Labute approximate surface area is 675 Å². The average Bonchev–Trinajstić information content (AvgIpc) is 1.60. The van der Waals surface area contributed by atoms with Gasteiger partial charge in [0.1, 0.15) is 95.2 Å². The van der Waals surface area contributed by atoms with E-state index in [0.717, 1.165) is 180 Å². The second-order valence-electron chi connectivity index (χ2n) is 29.6. The maximum atomic E-state index is 6.47. The predicted octanol–water partition coefficient (Wildman–Crippen LogP) is 24.1. The van der Waals surface area contributed by atoms with Gasteiger partial charge in [-0.05, 0) is 110 Å². The van der Waals surface area contributed by atoms with Crippen molar-refractivity contribution in [2.75, 3.05) is 0 Å². The second kappa shape index (κ2) is 26.3. The van der Waals surface area contributed by atoms with Crippen molar-refractivity contribution in [3.05, 3.63) is 342 Å². The largest absolute Gasteiger partial charge is 0.456 e. The quantitative estimate of drug-likeness (QED) is 0.160. The molecule has 0 spiro atoms. The number of aromatic nitrogens is 16. The average molecular weight is 1550 g/mol. The Morgan fingerprint density at radius 1 is 0.175 bits per heavy atom. The molecule has 0 fully saturated rings. The maximum absolute atomic E-state index is 6.47. The van der Waals surface area contributed by atoms with Gasteiger partial charge in [0, 0.05) is 86.2 Å². The van der Waals surface area contributed by atoms with E-state index in [2.05, 4.69) is 296 Å². The molecule has 20 heteroatoms. The van der Waals surface area contributed by atoms with Crippen molar-refractivity contribution in [1.29, 1.82) is 0 Å². The molecule has 0 atom stereocenters. The van der Waals surface area contributed by atoms with E-state index in [0.29, 0.717) is 23.8 Å². The molecule has 560 valence electrons. The lowest BCUT2D eigenvalue weighted by atomic mass is 9.99. The van der Waals surface area contributed by atoms with Gasteiger partial charge >= 0.3 is 0 Å². The molecule has 12 heterocycles. The third-order valence-corrected chi connectivity index (χ3v) is 23.3. The fourth-order valence-corrected chi connectivity index (χ4v) is 18.4. The van der Waals surface area contributed by atoms with Crippen LogP contribution in [0.2, 0.25) is 0 Å². The summed E-state index contributed by atoms with van der Waals surface area (Å²) in [5.41, 5.74) is 15.2. The first-order chi connectivity index (χ1) is 59.6. The van der Waals surface area contributed by atoms with Crippen molar-refractivity contribution in [2.45, 2.75) is 0 Å². The van der Waals surface area contributed by atoms with E-state index in [-0.39, 0.29) is 0 Å². The number of para-hydroxylation sites is 6. The standard InChI is InChI=1S/4C25H14N4O/c1-2-8-16-15(7-1)21-18-10-4-6-12-20(18)30-24(21)22-17-9-3-5-11-19(17)29(23(16)22)25-27-13-26-14-28-25;1-2-8-16-15(7-1)21-17-9-3-5-11-19(17)29(25-27-13-26-14-28-25)23(21)24-22(16)18-10-4-6-12-20(18)30-24;1-2-6-16-10-21-18(9-15(16)5-1)19-12-24-20(17-7-3-4-8-23(17)30-24)11-22(19)29(21)25-27-13-26-14-28-25;1-2-6-16-15(5-1)9-12-20-22(16)19-11-10-18-17-7-3-4-8-21(17)30-24(18)23(19)29(20)25-27-13-26-14-28-25/h4*1-14H. The molecule has 0 aliphatic rings. The molecule has 12 aromatic heterocycles. The third kappa shape index (κ3) is 9.93. The summed E-state index contributed by atoms with van der Waals surface area (Å²) in [7, 11) is 0. The number of hydrogen-bond acceptors (Lipinski definition) is 16. The molecule has 0 amide bonds. The maximum Gasteiger partial charge on any atom is 0.237 e. The van der Waals surface area contributed by atoms with Gasteiger partial charge in [-0.15, -0.1) is 0 Å². The number of rotatable bonds is 4. The van der Waals surface area contributed by atoms with Crippen LogP contribution in [0.1, 0.15) is 0 Å².